The van der Waals surface area contributed by atoms with Crippen LogP contribution in [0.25, 0.3) is 0 Å². The van der Waals surface area contributed by atoms with Gasteiger partial charge in [0.15, 0.2) is 0 Å². The Bertz CT molecular complexity index is 585. The normalized spacial score (nSPS) is 10.4. The average molecular weight is 264 g/mol. The third-order valence-electron chi connectivity index (χ3n) is 2.88. The van der Waals surface area contributed by atoms with Crippen molar-refractivity contribution in [2.45, 2.75) is 20.8 Å². The van der Waals surface area contributed by atoms with E-state index in [2.05, 4.69) is 15.5 Å². The molecule has 0 saturated carbocycles. The number of nitrogens with zero attached hydrogens (tertiary/aromatic N) is 1. The van der Waals surface area contributed by atoms with Crippen LogP contribution in [0.1, 0.15) is 27.3 Å². The lowest BCUT2D eigenvalue weighted by Crippen LogP contribution is -2.14. The number of rotatable bonds is 2. The zero-order valence-electron chi connectivity index (χ0n) is 10.5. The number of H-pyrrole nitrogens is 1. The summed E-state index contributed by atoms with van der Waals surface area (Å²) in [4.78, 5) is 12.2. The van der Waals surface area contributed by atoms with Gasteiger partial charge in [-0.05, 0) is 38.5 Å². The van der Waals surface area contributed by atoms with E-state index in [0.29, 0.717) is 10.6 Å². The summed E-state index contributed by atoms with van der Waals surface area (Å²) in [6.45, 7) is 5.52. The summed E-state index contributed by atoms with van der Waals surface area (Å²) in [5.74, 6) is -0.178. The monoisotopic (exact) mass is 263 g/mol. The second kappa shape index (κ2) is 4.82. The molecule has 0 spiro atoms. The Morgan fingerprint density at radius 3 is 2.67 bits per heavy atom. The van der Waals surface area contributed by atoms with E-state index >= 15 is 0 Å². The van der Waals surface area contributed by atoms with E-state index in [4.69, 9.17) is 11.6 Å². The van der Waals surface area contributed by atoms with Gasteiger partial charge in [-0.1, -0.05) is 17.7 Å². The maximum absolute atomic E-state index is 12.2. The van der Waals surface area contributed by atoms with Crippen LogP contribution in [-0.4, -0.2) is 16.1 Å². The fourth-order valence-electron chi connectivity index (χ4n) is 1.77. The third kappa shape index (κ3) is 2.24. The molecule has 2 rings (SSSR count). The predicted molar refractivity (Wildman–Crippen MR) is 72.2 cm³/mol. The van der Waals surface area contributed by atoms with Crippen LogP contribution in [0.2, 0.25) is 5.02 Å². The van der Waals surface area contributed by atoms with Gasteiger partial charge in [-0.2, -0.15) is 5.10 Å². The molecule has 4 nitrogen and oxygen atoms in total. The number of halogens is 1. The molecule has 94 valence electrons. The van der Waals surface area contributed by atoms with Gasteiger partial charge in [-0.3, -0.25) is 9.89 Å². The van der Waals surface area contributed by atoms with Crippen LogP contribution in [0.3, 0.4) is 0 Å². The lowest BCUT2D eigenvalue weighted by atomic mass is 10.1. The van der Waals surface area contributed by atoms with Crippen molar-refractivity contribution in [2.75, 3.05) is 5.32 Å². The van der Waals surface area contributed by atoms with Crippen LogP contribution in [0.5, 0.6) is 0 Å². The molecule has 0 atom stereocenters. The predicted octanol–water partition coefficient (Wildman–Crippen LogP) is 3.24. The lowest BCUT2D eigenvalue weighted by molar-refractivity contribution is 0.102. The molecule has 2 aromatic rings. The molecule has 18 heavy (non-hydrogen) atoms. The standard InChI is InChI=1S/C13H14ClN3O/c1-7-10(5-4-6-11(7)14)13(18)15-12-8(2)16-17-9(12)3/h4-6H,1-3H3,(H,15,18)(H,16,17). The number of benzene rings is 1. The smallest absolute Gasteiger partial charge is 0.256 e. The van der Waals surface area contributed by atoms with Gasteiger partial charge in [0, 0.05) is 10.6 Å². The molecule has 1 amide bonds. The molecular weight excluding hydrogens is 250 g/mol. The average Bonchev–Trinajstić information content (AvgIpc) is 2.64. The minimum Gasteiger partial charge on any atom is -0.319 e. The highest BCUT2D eigenvalue weighted by atomic mass is 35.5. The van der Waals surface area contributed by atoms with E-state index < -0.39 is 0 Å². The topological polar surface area (TPSA) is 57.8 Å². The molecule has 5 heteroatoms. The molecule has 0 fully saturated rings. The summed E-state index contributed by atoms with van der Waals surface area (Å²) in [7, 11) is 0. The van der Waals surface area contributed by atoms with E-state index in [-0.39, 0.29) is 5.91 Å². The summed E-state index contributed by atoms with van der Waals surface area (Å²) in [6.07, 6.45) is 0. The quantitative estimate of drug-likeness (QED) is 0.874. The molecule has 0 saturated heterocycles. The van der Waals surface area contributed by atoms with Gasteiger partial charge in [0.25, 0.3) is 5.91 Å². The number of aryl methyl sites for hydroxylation is 2. The Kier molecular flexibility index (Phi) is 3.39. The Labute approximate surface area is 110 Å². The highest BCUT2D eigenvalue weighted by molar-refractivity contribution is 6.32. The first-order valence-electron chi connectivity index (χ1n) is 5.58. The first kappa shape index (κ1) is 12.6. The number of aromatic amines is 1. The van der Waals surface area contributed by atoms with Gasteiger partial charge >= 0.3 is 0 Å². The van der Waals surface area contributed by atoms with Crippen molar-refractivity contribution in [2.24, 2.45) is 0 Å². The zero-order chi connectivity index (χ0) is 13.3. The summed E-state index contributed by atoms with van der Waals surface area (Å²) >= 11 is 6.00. The third-order valence-corrected chi connectivity index (χ3v) is 3.29. The van der Waals surface area contributed by atoms with Crippen LogP contribution < -0.4 is 5.32 Å². The molecule has 1 aromatic carbocycles. The highest BCUT2D eigenvalue weighted by Crippen LogP contribution is 2.21. The van der Waals surface area contributed by atoms with E-state index in [9.17, 15) is 4.79 Å². The minimum absolute atomic E-state index is 0.178. The van der Waals surface area contributed by atoms with Crippen LogP contribution in [0, 0.1) is 20.8 Å². The van der Waals surface area contributed by atoms with E-state index in [0.717, 1.165) is 22.6 Å². The highest BCUT2D eigenvalue weighted by Gasteiger charge is 2.14. The fraction of sp³-hybridized carbons (Fsp3) is 0.231. The number of amides is 1. The van der Waals surface area contributed by atoms with Crippen LogP contribution in [0.15, 0.2) is 18.2 Å². The summed E-state index contributed by atoms with van der Waals surface area (Å²) in [5, 5.41) is 10.3. The van der Waals surface area contributed by atoms with Crippen molar-refractivity contribution < 1.29 is 4.79 Å². The number of carbonyl (C=O) groups is 1. The lowest BCUT2D eigenvalue weighted by Gasteiger charge is -2.08. The maximum Gasteiger partial charge on any atom is 0.256 e. The largest absolute Gasteiger partial charge is 0.319 e. The van der Waals surface area contributed by atoms with Crippen molar-refractivity contribution in [3.8, 4) is 0 Å². The molecule has 0 aliphatic rings. The van der Waals surface area contributed by atoms with E-state index in [1.165, 1.54) is 0 Å². The van der Waals surface area contributed by atoms with Gasteiger partial charge in [-0.15, -0.1) is 0 Å². The first-order chi connectivity index (χ1) is 8.50. The molecule has 0 radical (unpaired) electrons. The van der Waals surface area contributed by atoms with Gasteiger partial charge in [0.05, 0.1) is 17.1 Å². The zero-order valence-corrected chi connectivity index (χ0v) is 11.2. The molecule has 0 aliphatic heterocycles. The number of hydrogen-bond donors (Lipinski definition) is 2. The number of nitrogens with one attached hydrogen (secondary N) is 2. The Morgan fingerprint density at radius 2 is 2.06 bits per heavy atom. The van der Waals surface area contributed by atoms with Gasteiger partial charge < -0.3 is 5.32 Å². The van der Waals surface area contributed by atoms with Crippen molar-refractivity contribution in [3.05, 3.63) is 45.7 Å². The van der Waals surface area contributed by atoms with Gasteiger partial charge in [-0.25, -0.2) is 0 Å². The van der Waals surface area contributed by atoms with Crippen LogP contribution in [0.4, 0.5) is 5.69 Å². The summed E-state index contributed by atoms with van der Waals surface area (Å²) < 4.78 is 0. The van der Waals surface area contributed by atoms with Crippen molar-refractivity contribution in [1.82, 2.24) is 10.2 Å². The Morgan fingerprint density at radius 1 is 1.33 bits per heavy atom. The SMILES string of the molecule is Cc1n[nH]c(C)c1NC(=O)c1cccc(Cl)c1C. The second-order valence-electron chi connectivity index (χ2n) is 4.18. The second-order valence-corrected chi connectivity index (χ2v) is 4.58. The van der Waals surface area contributed by atoms with E-state index in [1.54, 1.807) is 18.2 Å². The molecular formula is C13H14ClN3O. The van der Waals surface area contributed by atoms with Crippen molar-refractivity contribution >= 4 is 23.2 Å². The summed E-state index contributed by atoms with van der Waals surface area (Å²) in [5.41, 5.74) is 3.67. The Balaban J connectivity index is 2.31. The van der Waals surface area contributed by atoms with Gasteiger partial charge in [0.1, 0.15) is 0 Å². The number of aromatic nitrogens is 2. The van der Waals surface area contributed by atoms with E-state index in [1.807, 2.05) is 20.8 Å². The number of carbonyl (C=O) groups excluding carboxylic acids is 1. The molecule has 0 unspecified atom stereocenters. The molecule has 1 aromatic heterocycles. The first-order valence-corrected chi connectivity index (χ1v) is 5.96. The fourth-order valence-corrected chi connectivity index (χ4v) is 1.94. The number of anilines is 1. The molecule has 1 heterocycles. The molecule has 0 bridgehead atoms. The molecule has 2 N–H and O–H groups in total. The molecule has 0 aliphatic carbocycles. The minimum atomic E-state index is -0.178. The summed E-state index contributed by atoms with van der Waals surface area (Å²) in [6, 6.07) is 5.28. The number of hydrogen-bond acceptors (Lipinski definition) is 2. The van der Waals surface area contributed by atoms with Gasteiger partial charge in [0.2, 0.25) is 0 Å². The van der Waals surface area contributed by atoms with Crippen molar-refractivity contribution in [3.63, 3.8) is 0 Å². The van der Waals surface area contributed by atoms with Crippen LogP contribution >= 0.6 is 11.6 Å². The van der Waals surface area contributed by atoms with Crippen LogP contribution in [-0.2, 0) is 0 Å². The Hall–Kier alpha value is -1.81. The maximum atomic E-state index is 12.2. The van der Waals surface area contributed by atoms with Crippen molar-refractivity contribution in [1.29, 1.82) is 0 Å².